The number of nitrogens with one attached hydrogen (secondary N) is 1. The number of carbonyl (C=O) groups excluding carboxylic acids is 3. The first-order valence-electron chi connectivity index (χ1n) is 14.0. The van der Waals surface area contributed by atoms with Crippen LogP contribution in [0.4, 0.5) is 26.3 Å². The molecule has 0 saturated heterocycles. The number of primary amides is 1. The average Bonchev–Trinajstić information content (AvgIpc) is 3.57. The summed E-state index contributed by atoms with van der Waals surface area (Å²) in [5.41, 5.74) is 7.82. The highest BCUT2D eigenvalue weighted by Gasteiger charge is 2.44. The van der Waals surface area contributed by atoms with E-state index in [9.17, 15) is 45.5 Å². The molecule has 5 N–H and O–H groups in total. The van der Waals surface area contributed by atoms with Crippen LogP contribution in [-0.4, -0.2) is 71.8 Å². The molecule has 2 heterocycles. The minimum Gasteiger partial charge on any atom is -0.451 e. The standard InChI is InChI=1S/C28H26ClF6N9O5/c1-14(36)25(47)38-11-10-21(45)49-19(28(33,34)35)12-42-23(15-6-8-16(29)9-7-15)41-43(26(42)48)13-20-39-24(22(37)46)44(40-20)18-5-3-2-4-17(18)27(30,31)32/h2-9,14,19H,10-13,36H2,1H3,(H2,37,46)(H,38,47)/t14-,19-/m0/s1. The summed E-state index contributed by atoms with van der Waals surface area (Å²) in [6, 6.07) is 8.54. The van der Waals surface area contributed by atoms with Gasteiger partial charge in [0.1, 0.15) is 6.54 Å². The largest absolute Gasteiger partial charge is 0.451 e. The lowest BCUT2D eigenvalue weighted by molar-refractivity contribution is -0.224. The lowest BCUT2D eigenvalue weighted by Gasteiger charge is -2.21. The summed E-state index contributed by atoms with van der Waals surface area (Å²) >= 11 is 5.93. The van der Waals surface area contributed by atoms with Crippen molar-refractivity contribution in [3.8, 4) is 17.1 Å². The van der Waals surface area contributed by atoms with Crippen molar-refractivity contribution in [2.75, 3.05) is 6.54 Å². The molecule has 0 saturated carbocycles. The Labute approximate surface area is 276 Å². The van der Waals surface area contributed by atoms with E-state index in [1.807, 2.05) is 0 Å². The second-order valence-corrected chi connectivity index (χ2v) is 10.8. The van der Waals surface area contributed by atoms with Crippen LogP contribution in [0.2, 0.25) is 5.02 Å². The second kappa shape index (κ2) is 14.5. The maximum Gasteiger partial charge on any atom is 0.427 e. The van der Waals surface area contributed by atoms with Crippen LogP contribution in [-0.2, 0) is 33.6 Å². The van der Waals surface area contributed by atoms with Gasteiger partial charge in [-0.15, -0.1) is 10.2 Å². The van der Waals surface area contributed by atoms with Crippen molar-refractivity contribution in [2.24, 2.45) is 11.5 Å². The number of halogens is 7. The molecule has 4 rings (SSSR count). The molecule has 2 amide bonds. The van der Waals surface area contributed by atoms with Gasteiger partial charge in [0.25, 0.3) is 5.91 Å². The number of hydrogen-bond donors (Lipinski definition) is 3. The molecule has 0 bridgehead atoms. The third-order valence-electron chi connectivity index (χ3n) is 6.65. The van der Waals surface area contributed by atoms with Gasteiger partial charge < -0.3 is 21.5 Å². The van der Waals surface area contributed by atoms with Crippen molar-refractivity contribution in [2.45, 2.75) is 50.9 Å². The van der Waals surface area contributed by atoms with Gasteiger partial charge in [-0.05, 0) is 43.3 Å². The molecule has 0 fully saturated rings. The Morgan fingerprint density at radius 2 is 1.67 bits per heavy atom. The molecule has 14 nitrogen and oxygen atoms in total. The van der Waals surface area contributed by atoms with Gasteiger partial charge in [-0.3, -0.25) is 19.0 Å². The molecule has 2 atom stereocenters. The average molecular weight is 718 g/mol. The number of ether oxygens (including phenoxy) is 1. The van der Waals surface area contributed by atoms with Gasteiger partial charge in [0.2, 0.25) is 17.8 Å². The molecule has 262 valence electrons. The Hall–Kier alpha value is -5.24. The number of hydrogen-bond acceptors (Lipinski definition) is 9. The Kier molecular flexibility index (Phi) is 10.8. The number of benzene rings is 2. The normalized spacial score (nSPS) is 13.2. The number of nitrogens with zero attached hydrogens (tertiary/aromatic N) is 6. The molecule has 2 aromatic carbocycles. The summed E-state index contributed by atoms with van der Waals surface area (Å²) in [4.78, 5) is 53.4. The van der Waals surface area contributed by atoms with E-state index in [0.29, 0.717) is 13.9 Å². The summed E-state index contributed by atoms with van der Waals surface area (Å²) < 4.78 is 89.9. The third kappa shape index (κ3) is 8.82. The molecule has 2 aromatic heterocycles. The van der Waals surface area contributed by atoms with Crippen molar-refractivity contribution in [3.05, 3.63) is 81.3 Å². The maximum absolute atomic E-state index is 14.1. The number of esters is 1. The highest BCUT2D eigenvalue weighted by atomic mass is 35.5. The Morgan fingerprint density at radius 3 is 2.27 bits per heavy atom. The topological polar surface area (TPSA) is 195 Å². The Balaban J connectivity index is 1.72. The van der Waals surface area contributed by atoms with Crippen LogP contribution >= 0.6 is 11.6 Å². The van der Waals surface area contributed by atoms with Crippen LogP contribution in [0.3, 0.4) is 0 Å². The van der Waals surface area contributed by atoms with Gasteiger partial charge in [-0.1, -0.05) is 23.7 Å². The number of nitrogens with two attached hydrogens (primary N) is 2. The summed E-state index contributed by atoms with van der Waals surface area (Å²) in [6.07, 6.45) is -13.6. The number of rotatable bonds is 12. The molecular formula is C28H26ClF6N9O5. The first-order chi connectivity index (χ1) is 22.9. The zero-order chi connectivity index (χ0) is 36.3. The van der Waals surface area contributed by atoms with E-state index >= 15 is 0 Å². The van der Waals surface area contributed by atoms with Crippen molar-refractivity contribution in [1.82, 2.24) is 34.4 Å². The molecule has 49 heavy (non-hydrogen) atoms. The van der Waals surface area contributed by atoms with Gasteiger partial charge >= 0.3 is 24.0 Å². The van der Waals surface area contributed by atoms with Crippen LogP contribution in [0.5, 0.6) is 0 Å². The van der Waals surface area contributed by atoms with E-state index in [-0.39, 0.29) is 23.0 Å². The Morgan fingerprint density at radius 1 is 1.02 bits per heavy atom. The fourth-order valence-corrected chi connectivity index (χ4v) is 4.47. The van der Waals surface area contributed by atoms with Gasteiger partial charge in [-0.25, -0.2) is 19.1 Å². The monoisotopic (exact) mass is 717 g/mol. The van der Waals surface area contributed by atoms with Crippen LogP contribution in [0, 0.1) is 0 Å². The van der Waals surface area contributed by atoms with E-state index in [1.165, 1.54) is 37.3 Å². The molecule has 0 aliphatic rings. The smallest absolute Gasteiger partial charge is 0.427 e. The molecule has 0 aliphatic carbocycles. The molecule has 21 heteroatoms. The van der Waals surface area contributed by atoms with Crippen LogP contribution in [0.1, 0.15) is 35.4 Å². The molecule has 0 aliphatic heterocycles. The first kappa shape index (κ1) is 36.6. The summed E-state index contributed by atoms with van der Waals surface area (Å²) in [5.74, 6) is -4.83. The van der Waals surface area contributed by atoms with E-state index < -0.39 is 90.4 Å². The van der Waals surface area contributed by atoms with E-state index in [2.05, 4.69) is 25.2 Å². The van der Waals surface area contributed by atoms with Crippen LogP contribution in [0.15, 0.2) is 53.3 Å². The molecular weight excluding hydrogens is 692 g/mol. The van der Waals surface area contributed by atoms with Gasteiger partial charge in [0, 0.05) is 17.1 Å². The fourth-order valence-electron chi connectivity index (χ4n) is 4.34. The van der Waals surface area contributed by atoms with Crippen molar-refractivity contribution < 1.29 is 45.5 Å². The lowest BCUT2D eigenvalue weighted by Crippen LogP contribution is -2.42. The zero-order valence-electron chi connectivity index (χ0n) is 25.1. The molecule has 0 radical (unpaired) electrons. The SMILES string of the molecule is C[C@H](N)C(=O)NCCC(=O)O[C@@H](Cn1c(-c2ccc(Cl)cc2)nn(Cc2nc(C(N)=O)n(-c3ccccc3C(F)(F)F)n2)c1=O)C(F)(F)F. The summed E-state index contributed by atoms with van der Waals surface area (Å²) in [7, 11) is 0. The second-order valence-electron chi connectivity index (χ2n) is 10.4. The van der Waals surface area contributed by atoms with Crippen molar-refractivity contribution in [1.29, 1.82) is 0 Å². The number of amides is 2. The summed E-state index contributed by atoms with van der Waals surface area (Å²) in [6.45, 7) is -1.05. The number of alkyl halides is 6. The van der Waals surface area contributed by atoms with E-state index in [4.69, 9.17) is 23.1 Å². The van der Waals surface area contributed by atoms with Crippen molar-refractivity contribution in [3.63, 3.8) is 0 Å². The minimum atomic E-state index is -5.19. The van der Waals surface area contributed by atoms with Crippen LogP contribution in [0.25, 0.3) is 17.1 Å². The Bertz CT molecular complexity index is 1900. The minimum absolute atomic E-state index is 0.0986. The number of para-hydroxylation sites is 1. The van der Waals surface area contributed by atoms with E-state index in [0.717, 1.165) is 18.2 Å². The number of carbonyl (C=O) groups is 3. The molecule has 0 unspecified atom stereocenters. The maximum atomic E-state index is 14.1. The first-order valence-corrected chi connectivity index (χ1v) is 14.4. The highest BCUT2D eigenvalue weighted by Crippen LogP contribution is 2.34. The highest BCUT2D eigenvalue weighted by molar-refractivity contribution is 6.30. The molecule has 4 aromatic rings. The fraction of sp³-hybridized carbons (Fsp3) is 0.321. The van der Waals surface area contributed by atoms with E-state index in [1.54, 1.807) is 0 Å². The molecule has 0 spiro atoms. The third-order valence-corrected chi connectivity index (χ3v) is 6.91. The quantitative estimate of drug-likeness (QED) is 0.146. The van der Waals surface area contributed by atoms with Gasteiger partial charge in [0.05, 0.1) is 30.3 Å². The van der Waals surface area contributed by atoms with Gasteiger partial charge in [0.15, 0.2) is 11.6 Å². The van der Waals surface area contributed by atoms with Gasteiger partial charge in [-0.2, -0.15) is 26.3 Å². The lowest BCUT2D eigenvalue weighted by atomic mass is 10.1. The predicted molar refractivity (Wildman–Crippen MR) is 158 cm³/mol. The van der Waals surface area contributed by atoms with Crippen molar-refractivity contribution >= 4 is 29.4 Å². The number of aromatic nitrogens is 6. The predicted octanol–water partition coefficient (Wildman–Crippen LogP) is 2.44. The van der Waals surface area contributed by atoms with Crippen LogP contribution < -0.4 is 22.5 Å². The summed E-state index contributed by atoms with van der Waals surface area (Å²) in [5, 5.41) is 10.5. The zero-order valence-corrected chi connectivity index (χ0v) is 25.9.